The van der Waals surface area contributed by atoms with E-state index in [1.54, 1.807) is 12.1 Å². The van der Waals surface area contributed by atoms with E-state index in [-0.39, 0.29) is 5.78 Å². The molecule has 0 aliphatic heterocycles. The molecule has 0 bridgehead atoms. The molecule has 14 heavy (non-hydrogen) atoms. The van der Waals surface area contributed by atoms with Crippen LogP contribution in [0.5, 0.6) is 0 Å². The van der Waals surface area contributed by atoms with Gasteiger partial charge in [0.25, 0.3) is 0 Å². The van der Waals surface area contributed by atoms with Gasteiger partial charge in [0, 0.05) is 5.56 Å². The second-order valence-electron chi connectivity index (χ2n) is 3.25. The first-order chi connectivity index (χ1) is 6.57. The minimum Gasteiger partial charge on any atom is -0.318 e. The highest BCUT2D eigenvalue weighted by Crippen LogP contribution is 2.21. The lowest BCUT2D eigenvalue weighted by Gasteiger charge is -2.13. The Morgan fingerprint density at radius 1 is 1.57 bits per heavy atom. The number of carbonyl (C=O) groups excluding carboxylic acids is 1. The van der Waals surface area contributed by atoms with Crippen molar-refractivity contribution in [2.45, 2.75) is 26.3 Å². The molecule has 1 unspecified atom stereocenters. The molecule has 1 atom stereocenters. The highest BCUT2D eigenvalue weighted by Gasteiger charge is 2.18. The van der Waals surface area contributed by atoms with Gasteiger partial charge in [-0.15, -0.1) is 0 Å². The van der Waals surface area contributed by atoms with E-state index in [1.807, 2.05) is 6.92 Å². The van der Waals surface area contributed by atoms with Crippen molar-refractivity contribution in [2.24, 2.45) is 5.73 Å². The lowest BCUT2D eigenvalue weighted by molar-refractivity contribution is -0.118. The third-order valence-electron chi connectivity index (χ3n) is 2.27. The Bertz CT molecular complexity index is 349. The molecule has 2 N–H and O–H groups in total. The van der Waals surface area contributed by atoms with E-state index in [4.69, 9.17) is 5.73 Å². The minimum atomic E-state index is -0.842. The van der Waals surface area contributed by atoms with E-state index < -0.39 is 11.9 Å². The van der Waals surface area contributed by atoms with Crippen molar-refractivity contribution in [3.05, 3.63) is 35.1 Å². The average Bonchev–Trinajstić information content (AvgIpc) is 2.16. The SMILES string of the molecule is CCc1cccc(F)c1C(N)C(C)=O. The number of Topliss-reactive ketones (excluding diaryl/α,β-unsaturated/α-hetero) is 1. The lowest BCUT2D eigenvalue weighted by atomic mass is 9.96. The standard InChI is InChI=1S/C11H14FNO/c1-3-8-5-4-6-9(12)10(8)11(13)7(2)14/h4-6,11H,3,13H2,1-2H3. The van der Waals surface area contributed by atoms with Crippen molar-refractivity contribution in [3.63, 3.8) is 0 Å². The Kier molecular flexibility index (Phi) is 3.36. The smallest absolute Gasteiger partial charge is 0.151 e. The first kappa shape index (κ1) is 10.9. The first-order valence-electron chi connectivity index (χ1n) is 4.61. The maximum Gasteiger partial charge on any atom is 0.151 e. The van der Waals surface area contributed by atoms with E-state index in [1.165, 1.54) is 13.0 Å². The lowest BCUT2D eigenvalue weighted by Crippen LogP contribution is -2.21. The summed E-state index contributed by atoms with van der Waals surface area (Å²) in [6.45, 7) is 3.28. The maximum absolute atomic E-state index is 13.4. The number of carbonyl (C=O) groups is 1. The van der Waals surface area contributed by atoms with Gasteiger partial charge in [-0.2, -0.15) is 0 Å². The van der Waals surface area contributed by atoms with Crippen molar-refractivity contribution in [3.8, 4) is 0 Å². The summed E-state index contributed by atoms with van der Waals surface area (Å²) in [6.07, 6.45) is 0.675. The number of halogens is 1. The summed E-state index contributed by atoms with van der Waals surface area (Å²) in [7, 11) is 0. The van der Waals surface area contributed by atoms with E-state index in [0.717, 1.165) is 5.56 Å². The molecular formula is C11H14FNO. The quantitative estimate of drug-likeness (QED) is 0.801. The van der Waals surface area contributed by atoms with Crippen LogP contribution >= 0.6 is 0 Å². The molecule has 1 rings (SSSR count). The molecule has 0 spiro atoms. The Morgan fingerprint density at radius 2 is 2.21 bits per heavy atom. The molecule has 1 aromatic carbocycles. The average molecular weight is 195 g/mol. The fraction of sp³-hybridized carbons (Fsp3) is 0.364. The van der Waals surface area contributed by atoms with Gasteiger partial charge in [-0.25, -0.2) is 4.39 Å². The fourth-order valence-electron chi connectivity index (χ4n) is 1.44. The summed E-state index contributed by atoms with van der Waals surface area (Å²) >= 11 is 0. The molecule has 0 amide bonds. The van der Waals surface area contributed by atoms with Crippen molar-refractivity contribution in [2.75, 3.05) is 0 Å². The summed E-state index contributed by atoms with van der Waals surface area (Å²) in [5, 5.41) is 0. The molecule has 0 aliphatic carbocycles. The van der Waals surface area contributed by atoms with Crippen LogP contribution in [0.25, 0.3) is 0 Å². The van der Waals surface area contributed by atoms with Crippen LogP contribution < -0.4 is 5.73 Å². The highest BCUT2D eigenvalue weighted by molar-refractivity contribution is 5.83. The summed E-state index contributed by atoms with van der Waals surface area (Å²) < 4.78 is 13.4. The minimum absolute atomic E-state index is 0.218. The van der Waals surface area contributed by atoms with Crippen LogP contribution in [0.15, 0.2) is 18.2 Å². The van der Waals surface area contributed by atoms with Crippen molar-refractivity contribution in [1.29, 1.82) is 0 Å². The molecule has 0 aromatic heterocycles. The summed E-state index contributed by atoms with van der Waals surface area (Å²) in [5.41, 5.74) is 6.76. The predicted molar refractivity (Wildman–Crippen MR) is 53.4 cm³/mol. The van der Waals surface area contributed by atoms with Crippen LogP contribution in [0, 0.1) is 5.82 Å². The zero-order valence-electron chi connectivity index (χ0n) is 8.38. The summed E-state index contributed by atoms with van der Waals surface area (Å²) in [6, 6.07) is 3.91. The monoisotopic (exact) mass is 195 g/mol. The van der Waals surface area contributed by atoms with Gasteiger partial charge in [0.2, 0.25) is 0 Å². The third kappa shape index (κ3) is 1.99. The van der Waals surface area contributed by atoms with Crippen molar-refractivity contribution >= 4 is 5.78 Å². The van der Waals surface area contributed by atoms with Crippen molar-refractivity contribution in [1.82, 2.24) is 0 Å². The van der Waals surface area contributed by atoms with Gasteiger partial charge >= 0.3 is 0 Å². The molecule has 0 radical (unpaired) electrons. The number of hydrogen-bond acceptors (Lipinski definition) is 2. The van der Waals surface area contributed by atoms with Gasteiger partial charge in [0.1, 0.15) is 5.82 Å². The Hall–Kier alpha value is -1.22. The number of nitrogens with two attached hydrogens (primary N) is 1. The van der Waals surface area contributed by atoms with Gasteiger partial charge in [-0.05, 0) is 25.0 Å². The van der Waals surface area contributed by atoms with Crippen molar-refractivity contribution < 1.29 is 9.18 Å². The maximum atomic E-state index is 13.4. The van der Waals surface area contributed by atoms with Gasteiger partial charge in [-0.3, -0.25) is 4.79 Å². The van der Waals surface area contributed by atoms with Crippen LogP contribution in [0.2, 0.25) is 0 Å². The van der Waals surface area contributed by atoms with E-state index >= 15 is 0 Å². The topological polar surface area (TPSA) is 43.1 Å². The molecule has 2 nitrogen and oxygen atoms in total. The van der Waals surface area contributed by atoms with E-state index in [0.29, 0.717) is 12.0 Å². The van der Waals surface area contributed by atoms with Gasteiger partial charge in [-0.1, -0.05) is 19.1 Å². The molecule has 1 aromatic rings. The Labute approximate surface area is 82.9 Å². The van der Waals surface area contributed by atoms with Crippen LogP contribution in [-0.2, 0) is 11.2 Å². The Morgan fingerprint density at radius 3 is 2.71 bits per heavy atom. The first-order valence-corrected chi connectivity index (χ1v) is 4.61. The third-order valence-corrected chi connectivity index (χ3v) is 2.27. The van der Waals surface area contributed by atoms with Crippen LogP contribution in [-0.4, -0.2) is 5.78 Å². The second-order valence-corrected chi connectivity index (χ2v) is 3.25. The summed E-state index contributed by atoms with van der Waals surface area (Å²) in [5.74, 6) is -0.614. The van der Waals surface area contributed by atoms with Crippen LogP contribution in [0.3, 0.4) is 0 Å². The molecule has 0 heterocycles. The molecule has 0 aliphatic rings. The number of aryl methyl sites for hydroxylation is 1. The van der Waals surface area contributed by atoms with E-state index in [2.05, 4.69) is 0 Å². The molecule has 0 fully saturated rings. The fourth-order valence-corrected chi connectivity index (χ4v) is 1.44. The predicted octanol–water partition coefficient (Wildman–Crippen LogP) is 1.98. The number of ketones is 1. The molecular weight excluding hydrogens is 181 g/mol. The largest absolute Gasteiger partial charge is 0.318 e. The van der Waals surface area contributed by atoms with Crippen LogP contribution in [0.4, 0.5) is 4.39 Å². The molecule has 3 heteroatoms. The molecule has 0 saturated carbocycles. The number of hydrogen-bond donors (Lipinski definition) is 1. The zero-order chi connectivity index (χ0) is 10.7. The number of rotatable bonds is 3. The zero-order valence-corrected chi connectivity index (χ0v) is 8.38. The van der Waals surface area contributed by atoms with Gasteiger partial charge in [0.15, 0.2) is 5.78 Å². The van der Waals surface area contributed by atoms with E-state index in [9.17, 15) is 9.18 Å². The normalized spacial score (nSPS) is 12.6. The Balaban J connectivity index is 3.23. The summed E-state index contributed by atoms with van der Waals surface area (Å²) in [4.78, 5) is 11.1. The molecule has 0 saturated heterocycles. The van der Waals surface area contributed by atoms with Gasteiger partial charge < -0.3 is 5.73 Å². The molecule has 76 valence electrons. The highest BCUT2D eigenvalue weighted by atomic mass is 19.1. The number of benzene rings is 1. The second kappa shape index (κ2) is 4.33. The van der Waals surface area contributed by atoms with Gasteiger partial charge in [0.05, 0.1) is 6.04 Å². The van der Waals surface area contributed by atoms with Crippen LogP contribution in [0.1, 0.15) is 31.0 Å².